The minimum atomic E-state index is -0.245. The molecule has 6 heteroatoms. The van der Waals surface area contributed by atoms with Crippen molar-refractivity contribution in [2.45, 2.75) is 44.7 Å². The Kier molecular flexibility index (Phi) is 5.88. The van der Waals surface area contributed by atoms with Crippen molar-refractivity contribution >= 4 is 22.9 Å². The van der Waals surface area contributed by atoms with Crippen molar-refractivity contribution in [2.24, 2.45) is 0 Å². The van der Waals surface area contributed by atoms with Crippen LogP contribution in [0.4, 0.5) is 5.69 Å². The minimum absolute atomic E-state index is 0.245. The third-order valence-electron chi connectivity index (χ3n) is 5.41. The van der Waals surface area contributed by atoms with Gasteiger partial charge in [-0.1, -0.05) is 43.5 Å². The second-order valence-electron chi connectivity index (χ2n) is 7.33. The van der Waals surface area contributed by atoms with Crippen LogP contribution in [0.3, 0.4) is 0 Å². The lowest BCUT2D eigenvalue weighted by atomic mass is 9.94. The molecule has 1 amide bonds. The Morgan fingerprint density at radius 2 is 2.04 bits per heavy atom. The average Bonchev–Trinajstić information content (AvgIpc) is 3.41. The van der Waals surface area contributed by atoms with Crippen molar-refractivity contribution in [3.63, 3.8) is 0 Å². The van der Waals surface area contributed by atoms with Crippen LogP contribution in [-0.4, -0.2) is 28.9 Å². The summed E-state index contributed by atoms with van der Waals surface area (Å²) < 4.78 is 5.47. The molecule has 0 radical (unpaired) electrons. The molecular weight excluding hydrogens is 370 g/mol. The predicted molar refractivity (Wildman–Crippen MR) is 113 cm³/mol. The first-order valence-corrected chi connectivity index (χ1v) is 10.7. The molecule has 0 unspecified atom stereocenters. The van der Waals surface area contributed by atoms with Gasteiger partial charge in [-0.05, 0) is 43.0 Å². The van der Waals surface area contributed by atoms with Gasteiger partial charge in [0, 0.05) is 18.3 Å². The van der Waals surface area contributed by atoms with Crippen LogP contribution in [0.1, 0.15) is 48.2 Å². The number of nitrogens with zero attached hydrogens (tertiary/aromatic N) is 2. The fourth-order valence-electron chi connectivity index (χ4n) is 3.87. The number of oxazole rings is 1. The number of carbonyl (C=O) groups is 1. The van der Waals surface area contributed by atoms with E-state index in [0.29, 0.717) is 17.5 Å². The van der Waals surface area contributed by atoms with Crippen LogP contribution in [0.15, 0.2) is 52.6 Å². The van der Waals surface area contributed by atoms with E-state index in [9.17, 15) is 4.79 Å². The van der Waals surface area contributed by atoms with Gasteiger partial charge in [0.15, 0.2) is 17.8 Å². The third kappa shape index (κ3) is 4.18. The lowest BCUT2D eigenvalue weighted by Gasteiger charge is -2.31. The van der Waals surface area contributed by atoms with E-state index in [0.717, 1.165) is 22.7 Å². The summed E-state index contributed by atoms with van der Waals surface area (Å²) in [5, 5.41) is 4.99. The van der Waals surface area contributed by atoms with E-state index < -0.39 is 0 Å². The zero-order chi connectivity index (χ0) is 19.3. The Balaban J connectivity index is 1.50. The number of amides is 1. The van der Waals surface area contributed by atoms with Crippen molar-refractivity contribution < 1.29 is 9.21 Å². The van der Waals surface area contributed by atoms with Crippen molar-refractivity contribution in [2.75, 3.05) is 12.4 Å². The highest BCUT2D eigenvalue weighted by atomic mass is 32.1. The number of aromatic nitrogens is 1. The summed E-state index contributed by atoms with van der Waals surface area (Å²) in [5.41, 5.74) is 2.26. The second kappa shape index (κ2) is 8.71. The number of anilines is 1. The molecule has 3 aromatic rings. The monoisotopic (exact) mass is 395 g/mol. The molecule has 1 N–H and O–H groups in total. The van der Waals surface area contributed by atoms with E-state index in [2.05, 4.69) is 28.3 Å². The molecule has 0 atom stereocenters. The van der Waals surface area contributed by atoms with Gasteiger partial charge >= 0.3 is 0 Å². The van der Waals surface area contributed by atoms with Crippen LogP contribution >= 0.6 is 11.3 Å². The Hall–Kier alpha value is -2.44. The molecule has 1 fully saturated rings. The highest BCUT2D eigenvalue weighted by Crippen LogP contribution is 2.29. The topological polar surface area (TPSA) is 58.4 Å². The quantitative estimate of drug-likeness (QED) is 0.605. The van der Waals surface area contributed by atoms with Gasteiger partial charge in [-0.25, -0.2) is 4.98 Å². The van der Waals surface area contributed by atoms with Gasteiger partial charge < -0.3 is 9.73 Å². The summed E-state index contributed by atoms with van der Waals surface area (Å²) in [6, 6.07) is 12.5. The van der Waals surface area contributed by atoms with Crippen molar-refractivity contribution in [3.05, 3.63) is 59.4 Å². The van der Waals surface area contributed by atoms with Gasteiger partial charge in [-0.3, -0.25) is 9.69 Å². The van der Waals surface area contributed by atoms with Gasteiger partial charge in [0.1, 0.15) is 0 Å². The fraction of sp³-hybridized carbons (Fsp3) is 0.364. The minimum Gasteiger partial charge on any atom is -0.442 e. The molecule has 0 aliphatic heterocycles. The fourth-order valence-corrected chi connectivity index (χ4v) is 4.58. The summed E-state index contributed by atoms with van der Waals surface area (Å²) in [4.78, 5) is 20.3. The first kappa shape index (κ1) is 18.9. The molecule has 1 saturated carbocycles. The van der Waals surface area contributed by atoms with Gasteiger partial charge in [-0.15, -0.1) is 11.3 Å². The molecule has 146 valence electrons. The number of para-hydroxylation sites is 1. The Labute approximate surface area is 169 Å². The highest BCUT2D eigenvalue weighted by molar-refractivity contribution is 7.13. The molecule has 0 spiro atoms. The maximum absolute atomic E-state index is 12.9. The van der Waals surface area contributed by atoms with Crippen LogP contribution < -0.4 is 5.32 Å². The molecule has 1 aliphatic rings. The molecule has 2 aromatic heterocycles. The van der Waals surface area contributed by atoms with E-state index in [4.69, 9.17) is 4.42 Å². The lowest BCUT2D eigenvalue weighted by Crippen LogP contribution is -2.33. The Morgan fingerprint density at radius 3 is 2.82 bits per heavy atom. The molecule has 2 heterocycles. The zero-order valence-electron chi connectivity index (χ0n) is 16.1. The number of benzene rings is 1. The highest BCUT2D eigenvalue weighted by Gasteiger charge is 2.22. The van der Waals surface area contributed by atoms with Gasteiger partial charge in [0.2, 0.25) is 0 Å². The predicted octanol–water partition coefficient (Wildman–Crippen LogP) is 5.42. The van der Waals surface area contributed by atoms with E-state index in [1.165, 1.54) is 49.8 Å². The Morgan fingerprint density at radius 1 is 1.21 bits per heavy atom. The molecule has 1 aromatic carbocycles. The third-order valence-corrected chi connectivity index (χ3v) is 6.28. The van der Waals surface area contributed by atoms with Crippen molar-refractivity contribution in [3.8, 4) is 10.6 Å². The smallest absolute Gasteiger partial charge is 0.278 e. The van der Waals surface area contributed by atoms with Crippen LogP contribution in [0.2, 0.25) is 0 Å². The zero-order valence-corrected chi connectivity index (χ0v) is 16.9. The largest absolute Gasteiger partial charge is 0.442 e. The maximum Gasteiger partial charge on any atom is 0.278 e. The molecule has 4 rings (SSSR count). The summed E-state index contributed by atoms with van der Waals surface area (Å²) in [7, 11) is 2.18. The maximum atomic E-state index is 12.9. The van der Waals surface area contributed by atoms with E-state index in [-0.39, 0.29) is 5.91 Å². The number of hydrogen-bond acceptors (Lipinski definition) is 5. The molecule has 0 saturated heterocycles. The van der Waals surface area contributed by atoms with E-state index in [1.54, 1.807) is 0 Å². The molecular formula is C22H25N3O2S. The van der Waals surface area contributed by atoms with Crippen molar-refractivity contribution in [1.82, 2.24) is 9.88 Å². The number of thiophene rings is 1. The molecule has 0 bridgehead atoms. The summed E-state index contributed by atoms with van der Waals surface area (Å²) in [6.07, 6.45) is 7.81. The lowest BCUT2D eigenvalue weighted by molar-refractivity contribution is 0.102. The van der Waals surface area contributed by atoms with Crippen molar-refractivity contribution in [1.29, 1.82) is 0 Å². The number of hydrogen-bond donors (Lipinski definition) is 1. The number of carbonyl (C=O) groups excluding carboxylic acids is 1. The average molecular weight is 396 g/mol. The summed E-state index contributed by atoms with van der Waals surface area (Å²) in [6.45, 7) is 0.817. The first-order valence-electron chi connectivity index (χ1n) is 9.79. The number of rotatable bonds is 6. The van der Waals surface area contributed by atoms with E-state index >= 15 is 0 Å². The Bertz CT molecular complexity index is 914. The van der Waals surface area contributed by atoms with Crippen LogP contribution in [0.25, 0.3) is 10.6 Å². The van der Waals surface area contributed by atoms with Gasteiger partial charge in [-0.2, -0.15) is 0 Å². The first-order chi connectivity index (χ1) is 13.7. The van der Waals surface area contributed by atoms with Gasteiger partial charge in [0.25, 0.3) is 5.91 Å². The van der Waals surface area contributed by atoms with E-state index in [1.807, 2.05) is 35.7 Å². The normalized spacial score (nSPS) is 15.1. The SMILES string of the molecule is CN(Cc1ccccc1NC(=O)c1ncoc1-c1cccs1)C1CCCCC1. The summed E-state index contributed by atoms with van der Waals surface area (Å²) >= 11 is 1.53. The van der Waals surface area contributed by atoms with Crippen LogP contribution in [0.5, 0.6) is 0 Å². The molecule has 28 heavy (non-hydrogen) atoms. The summed E-state index contributed by atoms with van der Waals surface area (Å²) in [5.74, 6) is 0.272. The molecule has 5 nitrogen and oxygen atoms in total. The standard InChI is InChI=1S/C22H25N3O2S/c1-25(17-9-3-2-4-10-17)14-16-8-5-6-11-18(16)24-22(26)20-21(27-15-23-20)19-12-7-13-28-19/h5-8,11-13,15,17H,2-4,9-10,14H2,1H3,(H,24,26). The number of nitrogens with one attached hydrogen (secondary N) is 1. The second-order valence-corrected chi connectivity index (χ2v) is 8.27. The van der Waals surface area contributed by atoms with Gasteiger partial charge in [0.05, 0.1) is 4.88 Å². The molecule has 1 aliphatic carbocycles. The van der Waals surface area contributed by atoms with Crippen LogP contribution in [0, 0.1) is 0 Å². The van der Waals surface area contributed by atoms with Crippen LogP contribution in [-0.2, 0) is 6.54 Å².